The van der Waals surface area contributed by atoms with Crippen molar-refractivity contribution in [2.24, 2.45) is 0 Å². The molecule has 8 nitrogen and oxygen atoms in total. The van der Waals surface area contributed by atoms with Crippen LogP contribution in [0.25, 0.3) is 0 Å². The van der Waals surface area contributed by atoms with Gasteiger partial charge in [-0.05, 0) is 62.2 Å². The van der Waals surface area contributed by atoms with E-state index in [2.05, 4.69) is 5.32 Å². The van der Waals surface area contributed by atoms with Crippen molar-refractivity contribution in [2.45, 2.75) is 37.4 Å². The molecule has 2 aromatic rings. The molecule has 2 aliphatic rings. The van der Waals surface area contributed by atoms with Crippen molar-refractivity contribution in [3.05, 3.63) is 53.6 Å². The van der Waals surface area contributed by atoms with Gasteiger partial charge in [-0.1, -0.05) is 6.07 Å². The van der Waals surface area contributed by atoms with Crippen molar-refractivity contribution in [3.8, 4) is 11.5 Å². The Hall–Kier alpha value is -2.62. The Kier molecular flexibility index (Phi) is 6.68. The molecule has 0 aliphatic carbocycles. The molecule has 2 aliphatic heterocycles. The minimum absolute atomic E-state index is 0.159. The molecule has 1 N–H and O–H groups in total. The fraction of sp³-hybridized carbons (Fsp3) is 0.435. The highest BCUT2D eigenvalue weighted by Gasteiger charge is 2.32. The van der Waals surface area contributed by atoms with Crippen LogP contribution in [-0.4, -0.2) is 63.7 Å². The molecule has 0 unspecified atom stereocenters. The maximum absolute atomic E-state index is 12.9. The largest absolute Gasteiger partial charge is 0.486 e. The van der Waals surface area contributed by atoms with E-state index in [1.807, 2.05) is 32.0 Å². The lowest BCUT2D eigenvalue weighted by atomic mass is 10.1. The van der Waals surface area contributed by atoms with Crippen molar-refractivity contribution in [1.29, 1.82) is 0 Å². The molecule has 0 saturated carbocycles. The van der Waals surface area contributed by atoms with Crippen molar-refractivity contribution >= 4 is 15.9 Å². The third kappa shape index (κ3) is 5.06. The average Bonchev–Trinajstić information content (AvgIpc) is 2.78. The molecule has 32 heavy (non-hydrogen) atoms. The van der Waals surface area contributed by atoms with E-state index in [4.69, 9.17) is 14.2 Å². The Bertz CT molecular complexity index is 1060. The lowest BCUT2D eigenvalue weighted by Crippen LogP contribution is -2.48. The lowest BCUT2D eigenvalue weighted by Gasteiger charge is -2.34. The zero-order valence-electron chi connectivity index (χ0n) is 18.2. The van der Waals surface area contributed by atoms with E-state index in [9.17, 15) is 13.2 Å². The summed E-state index contributed by atoms with van der Waals surface area (Å²) in [6.07, 6.45) is 0.322. The second-order valence-electron chi connectivity index (χ2n) is 8.09. The van der Waals surface area contributed by atoms with Gasteiger partial charge in [-0.25, -0.2) is 8.42 Å². The van der Waals surface area contributed by atoms with Crippen LogP contribution in [0.3, 0.4) is 0 Å². The minimum atomic E-state index is -3.63. The van der Waals surface area contributed by atoms with E-state index in [1.165, 1.54) is 16.4 Å². The van der Waals surface area contributed by atoms with Crippen molar-refractivity contribution in [1.82, 2.24) is 9.62 Å². The molecule has 2 atom stereocenters. The number of nitrogens with one attached hydrogen (secondary N) is 1. The Morgan fingerprint density at radius 3 is 2.34 bits per heavy atom. The number of nitrogens with zero attached hydrogens (tertiary/aromatic N) is 1. The fourth-order valence-corrected chi connectivity index (χ4v) is 5.51. The van der Waals surface area contributed by atoms with Crippen molar-refractivity contribution in [2.75, 3.05) is 32.8 Å². The van der Waals surface area contributed by atoms with Crippen LogP contribution in [0.2, 0.25) is 0 Å². The predicted molar refractivity (Wildman–Crippen MR) is 119 cm³/mol. The summed E-state index contributed by atoms with van der Waals surface area (Å²) in [5.74, 6) is 1.21. The third-order valence-electron chi connectivity index (χ3n) is 5.45. The zero-order valence-corrected chi connectivity index (χ0v) is 19.1. The highest BCUT2D eigenvalue weighted by Crippen LogP contribution is 2.30. The smallest absolute Gasteiger partial charge is 0.251 e. The summed E-state index contributed by atoms with van der Waals surface area (Å²) >= 11 is 0. The maximum atomic E-state index is 12.9. The number of hydrogen-bond acceptors (Lipinski definition) is 6. The number of carbonyl (C=O) groups is 1. The summed E-state index contributed by atoms with van der Waals surface area (Å²) in [7, 11) is -3.63. The molecule has 9 heteroatoms. The first-order chi connectivity index (χ1) is 15.3. The first-order valence-electron chi connectivity index (χ1n) is 10.8. The van der Waals surface area contributed by atoms with Gasteiger partial charge in [-0.3, -0.25) is 4.79 Å². The normalized spacial score (nSPS) is 21.2. The van der Waals surface area contributed by atoms with Gasteiger partial charge in [0, 0.05) is 25.2 Å². The summed E-state index contributed by atoms with van der Waals surface area (Å²) < 4.78 is 44.0. The van der Waals surface area contributed by atoms with E-state index < -0.39 is 10.0 Å². The highest BCUT2D eigenvalue weighted by molar-refractivity contribution is 7.89. The molecular weight excluding hydrogens is 432 g/mol. The number of rotatable bonds is 6. The molecule has 1 amide bonds. The molecule has 1 saturated heterocycles. The molecule has 0 spiro atoms. The van der Waals surface area contributed by atoms with Gasteiger partial charge in [0.05, 0.1) is 17.1 Å². The quantitative estimate of drug-likeness (QED) is 0.711. The number of amides is 1. The molecular formula is C23H28N2O6S. The Balaban J connectivity index is 1.34. The standard InChI is InChI=1S/C23H28N2O6S/c1-16-14-25(15-17(2)31-16)32(27,28)20-6-4-19(5-7-20)23(26)24-10-9-18-3-8-21-22(13-18)30-12-11-29-21/h3-8,13,16-17H,9-12,14-15H2,1-2H3,(H,24,26)/t16-,17-/m1/s1. The lowest BCUT2D eigenvalue weighted by molar-refractivity contribution is -0.0440. The van der Waals surface area contributed by atoms with Crippen LogP contribution in [0.4, 0.5) is 0 Å². The molecule has 0 bridgehead atoms. The highest BCUT2D eigenvalue weighted by atomic mass is 32.2. The first kappa shape index (κ1) is 22.6. The number of hydrogen-bond donors (Lipinski definition) is 1. The second kappa shape index (κ2) is 9.48. The van der Waals surface area contributed by atoms with Crippen LogP contribution < -0.4 is 14.8 Å². The number of morpholine rings is 1. The van der Waals surface area contributed by atoms with Gasteiger partial charge >= 0.3 is 0 Å². The summed E-state index contributed by atoms with van der Waals surface area (Å²) in [6.45, 7) is 5.87. The fourth-order valence-electron chi connectivity index (χ4n) is 3.92. The maximum Gasteiger partial charge on any atom is 0.251 e. The van der Waals surface area contributed by atoms with Crippen LogP contribution in [0.1, 0.15) is 29.8 Å². The van der Waals surface area contributed by atoms with E-state index in [0.717, 1.165) is 17.1 Å². The van der Waals surface area contributed by atoms with E-state index in [1.54, 1.807) is 12.1 Å². The minimum Gasteiger partial charge on any atom is -0.486 e. The van der Waals surface area contributed by atoms with Crippen LogP contribution in [-0.2, 0) is 21.2 Å². The molecule has 2 aromatic carbocycles. The van der Waals surface area contributed by atoms with E-state index >= 15 is 0 Å². The van der Waals surface area contributed by atoms with Gasteiger partial charge in [-0.2, -0.15) is 4.31 Å². The van der Waals surface area contributed by atoms with Crippen molar-refractivity contribution < 1.29 is 27.4 Å². The third-order valence-corrected chi connectivity index (χ3v) is 7.29. The Labute approximate surface area is 188 Å². The number of benzene rings is 2. The first-order valence-corrected chi connectivity index (χ1v) is 12.2. The molecule has 2 heterocycles. The number of sulfonamides is 1. The average molecular weight is 461 g/mol. The van der Waals surface area contributed by atoms with Crippen LogP contribution in [0, 0.1) is 0 Å². The van der Waals surface area contributed by atoms with Gasteiger partial charge < -0.3 is 19.5 Å². The molecule has 0 radical (unpaired) electrons. The van der Waals surface area contributed by atoms with E-state index in [0.29, 0.717) is 44.8 Å². The second-order valence-corrected chi connectivity index (χ2v) is 10.0. The topological polar surface area (TPSA) is 94.2 Å². The number of carbonyl (C=O) groups excluding carboxylic acids is 1. The van der Waals surface area contributed by atoms with Gasteiger partial charge in [-0.15, -0.1) is 0 Å². The monoisotopic (exact) mass is 460 g/mol. The molecule has 4 rings (SSSR count). The summed E-state index contributed by atoms with van der Waals surface area (Å²) in [4.78, 5) is 12.7. The predicted octanol–water partition coefficient (Wildman–Crippen LogP) is 2.23. The Morgan fingerprint density at radius 1 is 1.00 bits per heavy atom. The molecule has 1 fully saturated rings. The molecule has 172 valence electrons. The summed E-state index contributed by atoms with van der Waals surface area (Å²) in [6, 6.07) is 11.8. The van der Waals surface area contributed by atoms with Gasteiger partial charge in [0.25, 0.3) is 5.91 Å². The van der Waals surface area contributed by atoms with Gasteiger partial charge in [0.2, 0.25) is 10.0 Å². The summed E-state index contributed by atoms with van der Waals surface area (Å²) in [5.41, 5.74) is 1.44. The Morgan fingerprint density at radius 2 is 1.66 bits per heavy atom. The summed E-state index contributed by atoms with van der Waals surface area (Å²) in [5, 5.41) is 2.87. The van der Waals surface area contributed by atoms with Gasteiger partial charge in [0.1, 0.15) is 13.2 Å². The van der Waals surface area contributed by atoms with Crippen LogP contribution in [0.5, 0.6) is 11.5 Å². The zero-order chi connectivity index (χ0) is 22.7. The molecule has 0 aromatic heterocycles. The van der Waals surface area contributed by atoms with Crippen molar-refractivity contribution in [3.63, 3.8) is 0 Å². The van der Waals surface area contributed by atoms with Crippen LogP contribution >= 0.6 is 0 Å². The van der Waals surface area contributed by atoms with E-state index in [-0.39, 0.29) is 23.0 Å². The SMILES string of the molecule is C[C@@H]1CN(S(=O)(=O)c2ccc(C(=O)NCCc3ccc4c(c3)OCCO4)cc2)C[C@@H](C)O1. The number of ether oxygens (including phenoxy) is 3. The number of fused-ring (bicyclic) bond motifs is 1. The van der Waals surface area contributed by atoms with Gasteiger partial charge in [0.15, 0.2) is 11.5 Å². The van der Waals surface area contributed by atoms with Crippen LogP contribution in [0.15, 0.2) is 47.4 Å².